The molecule has 0 aliphatic heterocycles. The fourth-order valence-corrected chi connectivity index (χ4v) is 4.37. The van der Waals surface area contributed by atoms with Gasteiger partial charge in [0.15, 0.2) is 0 Å². The predicted octanol–water partition coefficient (Wildman–Crippen LogP) is 5.01. The maximum absolute atomic E-state index is 2.73. The molecule has 1 rings (SSSR count). The van der Waals surface area contributed by atoms with Crippen LogP contribution in [0.1, 0.15) is 58.8 Å². The number of unbranched alkanes of at least 4 members (excludes halogenated alkanes) is 4. The summed E-state index contributed by atoms with van der Waals surface area (Å²) in [5, 5.41) is 0. The zero-order chi connectivity index (χ0) is 13.8. The minimum absolute atomic E-state index is 0.170. The molecule has 0 amide bonds. The third kappa shape index (κ3) is 8.84. The zero-order valence-corrected chi connectivity index (χ0v) is 14.5. The van der Waals surface area contributed by atoms with E-state index >= 15 is 0 Å². The van der Waals surface area contributed by atoms with Crippen LogP contribution in [-0.4, -0.2) is 24.5 Å². The van der Waals surface area contributed by atoms with E-state index in [0.29, 0.717) is 0 Å². The Bertz CT molecular complexity index is 260. The van der Waals surface area contributed by atoms with Crippen LogP contribution in [0.25, 0.3) is 0 Å². The van der Waals surface area contributed by atoms with Crippen LogP contribution in [0.3, 0.4) is 0 Å². The van der Waals surface area contributed by atoms with Crippen LogP contribution in [0.2, 0.25) is 4.73 Å². The van der Waals surface area contributed by atoms with Crippen molar-refractivity contribution in [3.8, 4) is 0 Å². The van der Waals surface area contributed by atoms with Crippen molar-refractivity contribution in [1.29, 1.82) is 0 Å². The maximum atomic E-state index is 2.73. The number of rotatable bonds is 12. The molecule has 1 aliphatic rings. The molecular formula is C17H31NTi. The van der Waals surface area contributed by atoms with Crippen molar-refractivity contribution in [2.75, 3.05) is 19.6 Å². The number of hydrogen-bond donors (Lipinski definition) is 0. The molecule has 0 unspecified atom stereocenters. The van der Waals surface area contributed by atoms with E-state index in [0.717, 1.165) is 0 Å². The molecule has 19 heavy (non-hydrogen) atoms. The van der Waals surface area contributed by atoms with Crippen molar-refractivity contribution in [2.24, 2.45) is 0 Å². The summed E-state index contributed by atoms with van der Waals surface area (Å²) in [5.74, 6) is 0. The molecule has 0 fully saturated rings. The molecule has 0 atom stereocenters. The number of nitrogens with zero attached hydrogens (tertiary/aromatic N) is 1. The molecular weight excluding hydrogens is 266 g/mol. The van der Waals surface area contributed by atoms with Crippen LogP contribution in [0.4, 0.5) is 0 Å². The van der Waals surface area contributed by atoms with Crippen LogP contribution in [0.15, 0.2) is 22.1 Å². The third-order valence-electron chi connectivity index (χ3n) is 3.71. The van der Waals surface area contributed by atoms with Crippen LogP contribution < -0.4 is 0 Å². The van der Waals surface area contributed by atoms with Gasteiger partial charge < -0.3 is 0 Å². The van der Waals surface area contributed by atoms with Gasteiger partial charge in [-0.3, -0.25) is 0 Å². The minimum atomic E-state index is 0.170. The van der Waals surface area contributed by atoms with Gasteiger partial charge in [-0.1, -0.05) is 0 Å². The van der Waals surface area contributed by atoms with Crippen molar-refractivity contribution in [1.82, 2.24) is 4.90 Å². The normalized spacial score (nSPS) is 14.2. The van der Waals surface area contributed by atoms with E-state index in [2.05, 4.69) is 37.0 Å². The van der Waals surface area contributed by atoms with E-state index in [1.54, 1.807) is 3.88 Å². The summed E-state index contributed by atoms with van der Waals surface area (Å²) >= 11 is 0.170. The van der Waals surface area contributed by atoms with E-state index in [-0.39, 0.29) is 19.2 Å². The Hall–Kier alpha value is 0.154. The summed E-state index contributed by atoms with van der Waals surface area (Å²) < 4.78 is 3.22. The topological polar surface area (TPSA) is 3.24 Å². The van der Waals surface area contributed by atoms with Gasteiger partial charge in [0.25, 0.3) is 0 Å². The first-order valence-electron chi connectivity index (χ1n) is 8.18. The summed E-state index contributed by atoms with van der Waals surface area (Å²) in [4.78, 5) is 2.73. The Labute approximate surface area is 129 Å². The molecule has 0 radical (unpaired) electrons. The fraction of sp³-hybridized carbons (Fsp3) is 0.765. The van der Waals surface area contributed by atoms with Gasteiger partial charge >= 0.3 is 129 Å². The van der Waals surface area contributed by atoms with Gasteiger partial charge in [0, 0.05) is 0 Å². The Kier molecular flexibility index (Phi) is 10.8. The van der Waals surface area contributed by atoms with Gasteiger partial charge in [-0.15, -0.1) is 0 Å². The van der Waals surface area contributed by atoms with Crippen molar-refractivity contribution < 1.29 is 19.2 Å². The fourth-order valence-electron chi connectivity index (χ4n) is 2.46. The molecule has 108 valence electrons. The van der Waals surface area contributed by atoms with E-state index < -0.39 is 0 Å². The Morgan fingerprint density at radius 3 is 2.21 bits per heavy atom. The first-order chi connectivity index (χ1) is 9.36. The summed E-state index contributed by atoms with van der Waals surface area (Å²) in [6.45, 7) is 8.62. The summed E-state index contributed by atoms with van der Waals surface area (Å²) in [7, 11) is 0. The van der Waals surface area contributed by atoms with Crippen molar-refractivity contribution in [3.05, 3.63) is 22.1 Å². The molecule has 0 saturated heterocycles. The zero-order valence-electron chi connectivity index (χ0n) is 13.0. The molecule has 0 N–H and O–H groups in total. The molecule has 0 saturated carbocycles. The summed E-state index contributed by atoms with van der Waals surface area (Å²) in [5.41, 5.74) is 0. The molecule has 1 nitrogen and oxygen atoms in total. The van der Waals surface area contributed by atoms with Gasteiger partial charge in [0.1, 0.15) is 0 Å². The van der Waals surface area contributed by atoms with Gasteiger partial charge in [-0.2, -0.15) is 0 Å². The SMILES string of the molecule is CCCCCN(CCCCC)C[CH2][Ti][C]1=CC=CC1. The number of hydrogen-bond acceptors (Lipinski definition) is 1. The standard InChI is InChI=1S/C12H26N.C5H5.Ti/c1-4-7-9-11-13(6-3)12-10-8-5-2;1-2-4-5-3-1;/h3-12H2,1-2H3;1-3H,4H2;. The van der Waals surface area contributed by atoms with E-state index in [4.69, 9.17) is 0 Å². The van der Waals surface area contributed by atoms with Crippen molar-refractivity contribution >= 4 is 0 Å². The van der Waals surface area contributed by atoms with Crippen molar-refractivity contribution in [3.63, 3.8) is 0 Å². The first-order valence-corrected chi connectivity index (χ1v) is 10.1. The second kappa shape index (κ2) is 11.9. The average molecular weight is 297 g/mol. The van der Waals surface area contributed by atoms with Gasteiger partial charge in [0.2, 0.25) is 0 Å². The monoisotopic (exact) mass is 297 g/mol. The van der Waals surface area contributed by atoms with Crippen LogP contribution in [0, 0.1) is 0 Å². The average Bonchev–Trinajstić information content (AvgIpc) is 2.92. The van der Waals surface area contributed by atoms with E-state index in [1.165, 1.54) is 69.3 Å². The Balaban J connectivity index is 2.14. The molecule has 2 heteroatoms. The molecule has 0 aromatic rings. The van der Waals surface area contributed by atoms with Gasteiger partial charge in [0.05, 0.1) is 0 Å². The van der Waals surface area contributed by atoms with E-state index in [1.807, 2.05) is 0 Å². The molecule has 0 aromatic heterocycles. The Morgan fingerprint density at radius 1 is 1.00 bits per heavy atom. The van der Waals surface area contributed by atoms with Gasteiger partial charge in [-0.05, 0) is 0 Å². The van der Waals surface area contributed by atoms with Crippen molar-refractivity contribution in [2.45, 2.75) is 63.5 Å². The van der Waals surface area contributed by atoms with E-state index in [9.17, 15) is 0 Å². The third-order valence-corrected chi connectivity index (χ3v) is 5.73. The van der Waals surface area contributed by atoms with Gasteiger partial charge in [-0.25, -0.2) is 0 Å². The molecule has 0 bridgehead atoms. The van der Waals surface area contributed by atoms with Crippen LogP contribution in [0.5, 0.6) is 0 Å². The summed E-state index contributed by atoms with van der Waals surface area (Å²) in [6.07, 6.45) is 16.4. The van der Waals surface area contributed by atoms with Crippen LogP contribution >= 0.6 is 0 Å². The molecule has 1 aliphatic carbocycles. The second-order valence-corrected chi connectivity index (χ2v) is 7.84. The molecule has 0 aromatic carbocycles. The summed E-state index contributed by atoms with van der Waals surface area (Å²) in [6, 6.07) is 0. The quantitative estimate of drug-likeness (QED) is 0.361. The molecule has 0 heterocycles. The number of allylic oxidation sites excluding steroid dienone is 4. The van der Waals surface area contributed by atoms with Crippen LogP contribution in [-0.2, 0) is 19.2 Å². The molecule has 0 spiro atoms. The Morgan fingerprint density at radius 2 is 1.68 bits per heavy atom. The second-order valence-electron chi connectivity index (χ2n) is 5.51. The first kappa shape index (κ1) is 17.2. The predicted molar refractivity (Wildman–Crippen MR) is 82.1 cm³/mol.